The van der Waals surface area contributed by atoms with Crippen LogP contribution in [-0.4, -0.2) is 27.7 Å². The molecule has 2 N–H and O–H groups in total. The molecule has 3 aromatic carbocycles. The molecule has 31 heavy (non-hydrogen) atoms. The number of sulfonamides is 1. The van der Waals surface area contributed by atoms with Crippen LogP contribution >= 0.6 is 23.2 Å². The van der Waals surface area contributed by atoms with Crippen LogP contribution in [0.2, 0.25) is 10.0 Å². The minimum atomic E-state index is -3.94. The summed E-state index contributed by atoms with van der Waals surface area (Å²) in [5, 5.41) is 11.7. The van der Waals surface area contributed by atoms with Crippen molar-refractivity contribution in [1.29, 1.82) is 0 Å². The fraction of sp³-hybridized carbons (Fsp3) is 0.182. The molecule has 0 aliphatic carbocycles. The summed E-state index contributed by atoms with van der Waals surface area (Å²) in [5.74, 6) is 0.613. The third-order valence-electron chi connectivity index (χ3n) is 4.68. The van der Waals surface area contributed by atoms with E-state index >= 15 is 0 Å². The second kappa shape index (κ2) is 9.36. The molecule has 0 heterocycles. The van der Waals surface area contributed by atoms with Crippen molar-refractivity contribution in [3.05, 3.63) is 81.3 Å². The number of ether oxygens (including phenoxy) is 2. The summed E-state index contributed by atoms with van der Waals surface area (Å²) in [7, 11) is -1.06. The first-order valence-electron chi connectivity index (χ1n) is 9.14. The van der Waals surface area contributed by atoms with Crippen molar-refractivity contribution >= 4 is 38.9 Å². The van der Waals surface area contributed by atoms with E-state index in [2.05, 4.69) is 4.72 Å². The first-order valence-corrected chi connectivity index (χ1v) is 11.4. The van der Waals surface area contributed by atoms with Crippen LogP contribution in [0, 0.1) is 6.92 Å². The van der Waals surface area contributed by atoms with Gasteiger partial charge in [0.05, 0.1) is 24.8 Å². The Balaban J connectivity index is 2.13. The highest BCUT2D eigenvalue weighted by Gasteiger charge is 2.24. The van der Waals surface area contributed by atoms with Crippen LogP contribution in [0.3, 0.4) is 0 Å². The van der Waals surface area contributed by atoms with Gasteiger partial charge in [0.15, 0.2) is 11.5 Å². The first kappa shape index (κ1) is 23.2. The topological polar surface area (TPSA) is 84.9 Å². The third kappa shape index (κ3) is 5.07. The van der Waals surface area contributed by atoms with Gasteiger partial charge in [0.1, 0.15) is 6.10 Å². The number of hydrogen-bond acceptors (Lipinski definition) is 5. The second-order valence-electron chi connectivity index (χ2n) is 6.78. The Morgan fingerprint density at radius 1 is 0.903 bits per heavy atom. The Hall–Kier alpha value is -2.45. The molecule has 0 radical (unpaired) electrons. The molecule has 0 aliphatic heterocycles. The Labute approximate surface area is 191 Å². The number of halogens is 2. The number of aliphatic hydroxyl groups excluding tert-OH is 1. The fourth-order valence-corrected chi connectivity index (χ4v) is 4.61. The van der Waals surface area contributed by atoms with Crippen molar-refractivity contribution in [1.82, 2.24) is 0 Å². The van der Waals surface area contributed by atoms with Gasteiger partial charge in [-0.1, -0.05) is 47.0 Å². The third-order valence-corrected chi connectivity index (χ3v) is 6.63. The van der Waals surface area contributed by atoms with Gasteiger partial charge in [-0.15, -0.1) is 0 Å². The molecular formula is C22H21Cl2NO5S. The van der Waals surface area contributed by atoms with E-state index in [-0.39, 0.29) is 21.2 Å². The predicted molar refractivity (Wildman–Crippen MR) is 122 cm³/mol. The number of aliphatic hydroxyl groups is 1. The van der Waals surface area contributed by atoms with E-state index in [1.807, 2.05) is 6.92 Å². The number of benzene rings is 3. The Kier molecular flexibility index (Phi) is 7.01. The number of rotatable bonds is 7. The van der Waals surface area contributed by atoms with E-state index in [1.165, 1.54) is 44.6 Å². The van der Waals surface area contributed by atoms with E-state index in [0.29, 0.717) is 22.1 Å². The lowest BCUT2D eigenvalue weighted by molar-refractivity contribution is 0.220. The van der Waals surface area contributed by atoms with E-state index in [9.17, 15) is 13.5 Å². The number of hydrogen-bond donors (Lipinski definition) is 2. The SMILES string of the molecule is COc1cc(NS(=O)(=O)c2ccc(C)cc2)c(C(O)c2ccc(Cl)cc2Cl)cc1OC. The van der Waals surface area contributed by atoms with E-state index in [1.54, 1.807) is 24.3 Å². The molecule has 0 fully saturated rings. The highest BCUT2D eigenvalue weighted by Crippen LogP contribution is 2.40. The van der Waals surface area contributed by atoms with Crippen LogP contribution in [0.1, 0.15) is 22.8 Å². The zero-order valence-electron chi connectivity index (χ0n) is 17.0. The largest absolute Gasteiger partial charge is 0.493 e. The molecule has 6 nitrogen and oxygen atoms in total. The number of aryl methyl sites for hydroxylation is 1. The molecule has 0 saturated heterocycles. The lowest BCUT2D eigenvalue weighted by atomic mass is 9.99. The molecule has 0 spiro atoms. The van der Waals surface area contributed by atoms with Gasteiger partial charge in [-0.3, -0.25) is 4.72 Å². The minimum absolute atomic E-state index is 0.0813. The highest BCUT2D eigenvalue weighted by atomic mass is 35.5. The minimum Gasteiger partial charge on any atom is -0.493 e. The number of methoxy groups -OCH3 is 2. The summed E-state index contributed by atoms with van der Waals surface area (Å²) < 4.78 is 39.1. The second-order valence-corrected chi connectivity index (χ2v) is 9.31. The summed E-state index contributed by atoms with van der Waals surface area (Å²) in [5.41, 5.74) is 1.64. The molecule has 164 valence electrons. The van der Waals surface area contributed by atoms with Crippen LogP contribution in [0.25, 0.3) is 0 Å². The fourth-order valence-electron chi connectivity index (χ4n) is 3.02. The quantitative estimate of drug-likeness (QED) is 0.484. The molecule has 1 atom stereocenters. The molecule has 0 aliphatic rings. The molecular weight excluding hydrogens is 461 g/mol. The van der Waals surface area contributed by atoms with Crippen molar-refractivity contribution in [2.75, 3.05) is 18.9 Å². The van der Waals surface area contributed by atoms with Crippen molar-refractivity contribution in [2.45, 2.75) is 17.9 Å². The summed E-state index contributed by atoms with van der Waals surface area (Å²) >= 11 is 12.2. The standard InChI is InChI=1S/C22H21Cl2NO5S/c1-13-4-7-15(8-5-13)31(27,28)25-19-12-21(30-3)20(29-2)11-17(19)22(26)16-9-6-14(23)10-18(16)24/h4-12,22,25-26H,1-3H3. The van der Waals surface area contributed by atoms with Crippen LogP contribution < -0.4 is 14.2 Å². The average Bonchev–Trinajstić information content (AvgIpc) is 2.73. The molecule has 0 aromatic heterocycles. The van der Waals surface area contributed by atoms with Crippen LogP contribution in [0.4, 0.5) is 5.69 Å². The Morgan fingerprint density at radius 2 is 1.52 bits per heavy atom. The molecule has 0 amide bonds. The zero-order chi connectivity index (χ0) is 22.8. The molecule has 3 rings (SSSR count). The van der Waals surface area contributed by atoms with Gasteiger partial charge >= 0.3 is 0 Å². The summed E-state index contributed by atoms with van der Waals surface area (Å²) in [6.07, 6.45) is -1.26. The Morgan fingerprint density at radius 3 is 2.10 bits per heavy atom. The maximum atomic E-state index is 13.0. The predicted octanol–water partition coefficient (Wildman–Crippen LogP) is 5.20. The maximum absolute atomic E-state index is 13.0. The molecule has 0 saturated carbocycles. The molecule has 0 bridgehead atoms. The lowest BCUT2D eigenvalue weighted by Crippen LogP contribution is -2.16. The maximum Gasteiger partial charge on any atom is 0.261 e. The van der Waals surface area contributed by atoms with Crippen molar-refractivity contribution in [2.24, 2.45) is 0 Å². The van der Waals surface area contributed by atoms with Gasteiger partial charge in [0.2, 0.25) is 0 Å². The van der Waals surface area contributed by atoms with Crippen molar-refractivity contribution in [3.8, 4) is 11.5 Å². The van der Waals surface area contributed by atoms with Crippen LogP contribution in [-0.2, 0) is 10.0 Å². The average molecular weight is 482 g/mol. The van der Waals surface area contributed by atoms with Gasteiger partial charge in [0, 0.05) is 27.2 Å². The molecule has 9 heteroatoms. The molecule has 3 aromatic rings. The van der Waals surface area contributed by atoms with Crippen molar-refractivity contribution < 1.29 is 23.0 Å². The van der Waals surface area contributed by atoms with Gasteiger partial charge in [-0.2, -0.15) is 0 Å². The van der Waals surface area contributed by atoms with Gasteiger partial charge < -0.3 is 14.6 Å². The van der Waals surface area contributed by atoms with E-state index in [0.717, 1.165) is 5.56 Å². The summed E-state index contributed by atoms with van der Waals surface area (Å²) in [6.45, 7) is 1.86. The normalized spacial score (nSPS) is 12.3. The molecule has 1 unspecified atom stereocenters. The lowest BCUT2D eigenvalue weighted by Gasteiger charge is -2.21. The summed E-state index contributed by atoms with van der Waals surface area (Å²) in [4.78, 5) is 0.0813. The van der Waals surface area contributed by atoms with Gasteiger partial charge in [-0.05, 0) is 37.3 Å². The zero-order valence-corrected chi connectivity index (χ0v) is 19.3. The summed E-state index contributed by atoms with van der Waals surface area (Å²) in [6, 6.07) is 14.0. The number of nitrogens with one attached hydrogen (secondary N) is 1. The van der Waals surface area contributed by atoms with Crippen molar-refractivity contribution in [3.63, 3.8) is 0 Å². The smallest absolute Gasteiger partial charge is 0.261 e. The monoisotopic (exact) mass is 481 g/mol. The Bertz CT molecular complexity index is 1200. The van der Waals surface area contributed by atoms with Gasteiger partial charge in [-0.25, -0.2) is 8.42 Å². The van der Waals surface area contributed by atoms with Gasteiger partial charge in [0.25, 0.3) is 10.0 Å². The number of anilines is 1. The highest BCUT2D eigenvalue weighted by molar-refractivity contribution is 7.92. The first-order chi connectivity index (χ1) is 14.7. The van der Waals surface area contributed by atoms with E-state index in [4.69, 9.17) is 32.7 Å². The van der Waals surface area contributed by atoms with Crippen LogP contribution in [0.15, 0.2) is 59.5 Å². The van der Waals surface area contributed by atoms with E-state index < -0.39 is 16.1 Å². The van der Waals surface area contributed by atoms with Crippen LogP contribution in [0.5, 0.6) is 11.5 Å².